The summed E-state index contributed by atoms with van der Waals surface area (Å²) >= 11 is 0. The van der Waals surface area contributed by atoms with Crippen LogP contribution in [0.4, 0.5) is 0 Å². The van der Waals surface area contributed by atoms with Gasteiger partial charge in [0.1, 0.15) is 0 Å². The van der Waals surface area contributed by atoms with Crippen molar-refractivity contribution in [2.24, 2.45) is 0 Å². The molecule has 102 valence electrons. The van der Waals surface area contributed by atoms with Gasteiger partial charge in [-0.25, -0.2) is 0 Å². The number of rotatable bonds is 2. The first kappa shape index (κ1) is 12.7. The smallest absolute Gasteiger partial charge is 0.240 e. The molecule has 1 heterocycles. The largest absolute Gasteiger partial charge is 0.341 e. The lowest BCUT2D eigenvalue weighted by Crippen LogP contribution is -2.50. The van der Waals surface area contributed by atoms with Crippen LogP contribution in [0.3, 0.4) is 0 Å². The minimum absolute atomic E-state index is 0.0412. The van der Waals surface area contributed by atoms with Gasteiger partial charge in [0.25, 0.3) is 0 Å². The summed E-state index contributed by atoms with van der Waals surface area (Å²) < 4.78 is 0. The highest BCUT2D eigenvalue weighted by Gasteiger charge is 2.30. The van der Waals surface area contributed by atoms with Crippen LogP contribution in [0.5, 0.6) is 0 Å². The van der Waals surface area contributed by atoms with Gasteiger partial charge >= 0.3 is 0 Å². The summed E-state index contributed by atoms with van der Waals surface area (Å²) in [6.45, 7) is 0.811. The molecule has 0 spiro atoms. The number of nitrogens with one attached hydrogen (secondary N) is 1. The predicted octanol–water partition coefficient (Wildman–Crippen LogP) is 2.10. The van der Waals surface area contributed by atoms with Crippen LogP contribution >= 0.6 is 0 Å². The topological polar surface area (TPSA) is 32.3 Å². The SMILES string of the molecule is CN(C(=O)[C@H]1Cc2ccccc2CN1)C1CCCC1. The van der Waals surface area contributed by atoms with E-state index >= 15 is 0 Å². The molecule has 3 rings (SSSR count). The number of carbonyl (C=O) groups excluding carboxylic acids is 1. The molecule has 0 aromatic heterocycles. The first-order valence-electron chi connectivity index (χ1n) is 7.32. The second-order valence-corrected chi connectivity index (χ2v) is 5.79. The Kier molecular flexibility index (Phi) is 3.56. The molecule has 1 aromatic rings. The van der Waals surface area contributed by atoms with E-state index in [-0.39, 0.29) is 11.9 Å². The van der Waals surface area contributed by atoms with Gasteiger partial charge in [-0.3, -0.25) is 4.79 Å². The molecule has 2 aliphatic rings. The van der Waals surface area contributed by atoms with Crippen LogP contribution in [0.1, 0.15) is 36.8 Å². The second-order valence-electron chi connectivity index (χ2n) is 5.79. The number of hydrogen-bond acceptors (Lipinski definition) is 2. The first-order chi connectivity index (χ1) is 9.25. The van der Waals surface area contributed by atoms with Gasteiger partial charge in [-0.15, -0.1) is 0 Å². The molecular formula is C16H22N2O. The highest BCUT2D eigenvalue weighted by atomic mass is 16.2. The third kappa shape index (κ3) is 2.52. The normalized spacial score (nSPS) is 23.1. The molecule has 1 amide bonds. The number of fused-ring (bicyclic) bond motifs is 1. The van der Waals surface area contributed by atoms with Crippen LogP contribution in [-0.4, -0.2) is 29.9 Å². The zero-order valence-electron chi connectivity index (χ0n) is 11.6. The van der Waals surface area contributed by atoms with Crippen molar-refractivity contribution in [3.8, 4) is 0 Å². The molecule has 1 aliphatic heterocycles. The van der Waals surface area contributed by atoms with E-state index in [1.54, 1.807) is 0 Å². The van der Waals surface area contributed by atoms with Gasteiger partial charge in [-0.05, 0) is 30.4 Å². The molecule has 19 heavy (non-hydrogen) atoms. The van der Waals surface area contributed by atoms with Crippen molar-refractivity contribution in [2.75, 3.05) is 7.05 Å². The highest BCUT2D eigenvalue weighted by Crippen LogP contribution is 2.24. The maximum Gasteiger partial charge on any atom is 0.240 e. The molecule has 0 saturated heterocycles. The van der Waals surface area contributed by atoms with E-state index in [0.29, 0.717) is 6.04 Å². The summed E-state index contributed by atoms with van der Waals surface area (Å²) in [7, 11) is 1.97. The molecule has 1 saturated carbocycles. The summed E-state index contributed by atoms with van der Waals surface area (Å²) in [5.41, 5.74) is 2.65. The fourth-order valence-electron chi connectivity index (χ4n) is 3.35. The summed E-state index contributed by atoms with van der Waals surface area (Å²) in [6, 6.07) is 8.84. The van der Waals surface area contributed by atoms with E-state index in [1.165, 1.54) is 36.8 Å². The maximum atomic E-state index is 12.6. The number of likely N-dealkylation sites (N-methyl/N-ethyl adjacent to an activating group) is 1. The number of carbonyl (C=O) groups is 1. The lowest BCUT2D eigenvalue weighted by atomic mass is 9.95. The van der Waals surface area contributed by atoms with Crippen LogP contribution in [0.2, 0.25) is 0 Å². The summed E-state index contributed by atoms with van der Waals surface area (Å²) in [5.74, 6) is 0.265. The van der Waals surface area contributed by atoms with Gasteiger partial charge in [0.2, 0.25) is 5.91 Å². The summed E-state index contributed by atoms with van der Waals surface area (Å²) in [4.78, 5) is 14.5. The summed E-state index contributed by atoms with van der Waals surface area (Å²) in [5, 5.41) is 3.39. The van der Waals surface area contributed by atoms with Crippen LogP contribution in [0.15, 0.2) is 24.3 Å². The molecule has 1 fully saturated rings. The molecule has 0 bridgehead atoms. The van der Waals surface area contributed by atoms with Gasteiger partial charge in [0.15, 0.2) is 0 Å². The molecule has 1 N–H and O–H groups in total. The van der Waals surface area contributed by atoms with E-state index in [2.05, 4.69) is 29.6 Å². The number of hydrogen-bond donors (Lipinski definition) is 1. The molecular weight excluding hydrogens is 236 g/mol. The minimum Gasteiger partial charge on any atom is -0.341 e. The Morgan fingerprint density at radius 1 is 1.21 bits per heavy atom. The Bertz CT molecular complexity index is 466. The van der Waals surface area contributed by atoms with Crippen molar-refractivity contribution < 1.29 is 4.79 Å². The van der Waals surface area contributed by atoms with Crippen molar-refractivity contribution in [1.82, 2.24) is 10.2 Å². The fourth-order valence-corrected chi connectivity index (χ4v) is 3.35. The first-order valence-corrected chi connectivity index (χ1v) is 7.32. The second kappa shape index (κ2) is 5.33. The third-order valence-electron chi connectivity index (χ3n) is 4.60. The minimum atomic E-state index is -0.0412. The fraction of sp³-hybridized carbons (Fsp3) is 0.562. The zero-order chi connectivity index (χ0) is 13.2. The molecule has 1 aromatic carbocycles. The lowest BCUT2D eigenvalue weighted by Gasteiger charge is -2.32. The van der Waals surface area contributed by atoms with Gasteiger partial charge in [-0.1, -0.05) is 37.1 Å². The van der Waals surface area contributed by atoms with Crippen molar-refractivity contribution in [1.29, 1.82) is 0 Å². The summed E-state index contributed by atoms with van der Waals surface area (Å²) in [6.07, 6.45) is 5.70. The van der Waals surface area contributed by atoms with Gasteiger partial charge < -0.3 is 10.2 Å². The highest BCUT2D eigenvalue weighted by molar-refractivity contribution is 5.82. The lowest BCUT2D eigenvalue weighted by molar-refractivity contribution is -0.134. The molecule has 0 radical (unpaired) electrons. The molecule has 1 atom stereocenters. The van der Waals surface area contributed by atoms with Crippen molar-refractivity contribution >= 4 is 5.91 Å². The monoisotopic (exact) mass is 258 g/mol. The zero-order valence-corrected chi connectivity index (χ0v) is 11.6. The van der Waals surface area contributed by atoms with Gasteiger partial charge in [-0.2, -0.15) is 0 Å². The predicted molar refractivity (Wildman–Crippen MR) is 75.8 cm³/mol. The Hall–Kier alpha value is -1.35. The quantitative estimate of drug-likeness (QED) is 0.881. The van der Waals surface area contributed by atoms with E-state index in [9.17, 15) is 4.79 Å². The number of benzene rings is 1. The van der Waals surface area contributed by atoms with Crippen LogP contribution in [0.25, 0.3) is 0 Å². The van der Waals surface area contributed by atoms with E-state index in [1.807, 2.05) is 11.9 Å². The van der Waals surface area contributed by atoms with E-state index in [0.717, 1.165) is 13.0 Å². The Morgan fingerprint density at radius 3 is 2.63 bits per heavy atom. The van der Waals surface area contributed by atoms with Crippen molar-refractivity contribution in [3.05, 3.63) is 35.4 Å². The molecule has 3 nitrogen and oxygen atoms in total. The number of amides is 1. The van der Waals surface area contributed by atoms with Crippen LogP contribution in [0, 0.1) is 0 Å². The number of nitrogens with zero attached hydrogens (tertiary/aromatic N) is 1. The van der Waals surface area contributed by atoms with Crippen LogP contribution in [-0.2, 0) is 17.8 Å². The van der Waals surface area contributed by atoms with Gasteiger partial charge in [0, 0.05) is 19.6 Å². The maximum absolute atomic E-state index is 12.6. The van der Waals surface area contributed by atoms with Gasteiger partial charge in [0.05, 0.1) is 6.04 Å². The molecule has 1 aliphatic carbocycles. The molecule has 3 heteroatoms. The third-order valence-corrected chi connectivity index (χ3v) is 4.60. The van der Waals surface area contributed by atoms with Crippen LogP contribution < -0.4 is 5.32 Å². The standard InChI is InChI=1S/C16H22N2O/c1-18(14-8-4-5-9-14)16(19)15-10-12-6-2-3-7-13(12)11-17-15/h2-3,6-7,14-15,17H,4-5,8-11H2,1H3/t15-/m1/s1. The Morgan fingerprint density at radius 2 is 1.89 bits per heavy atom. The van der Waals surface area contributed by atoms with E-state index < -0.39 is 0 Å². The Balaban J connectivity index is 1.68. The van der Waals surface area contributed by atoms with E-state index in [4.69, 9.17) is 0 Å². The molecule has 0 unspecified atom stereocenters. The average molecular weight is 258 g/mol. The van der Waals surface area contributed by atoms with Crippen molar-refractivity contribution in [3.63, 3.8) is 0 Å². The van der Waals surface area contributed by atoms with Crippen molar-refractivity contribution in [2.45, 2.75) is 50.7 Å². The average Bonchev–Trinajstić information content (AvgIpc) is 2.99. The Labute approximate surface area is 115 Å².